The molecule has 0 spiro atoms. The first-order valence-corrected chi connectivity index (χ1v) is 8.37. The number of hydrogen-bond acceptors (Lipinski definition) is 2. The number of aliphatic hydroxyl groups is 1. The quantitative estimate of drug-likeness (QED) is 0.866. The van der Waals surface area contributed by atoms with Crippen molar-refractivity contribution in [3.05, 3.63) is 35.2 Å². The molecule has 0 aliphatic heterocycles. The Hall–Kier alpha value is -0.860. The monoisotopic (exact) mass is 270 g/mol. The summed E-state index contributed by atoms with van der Waals surface area (Å²) in [6, 6.07) is 8.55. The fourth-order valence-corrected chi connectivity index (χ4v) is 6.22. The van der Waals surface area contributed by atoms with E-state index in [-0.39, 0.29) is 6.10 Å². The number of rotatable bonds is 2. The fourth-order valence-electron chi connectivity index (χ4n) is 5.27. The molecule has 3 aliphatic rings. The number of benzene rings is 1. The summed E-state index contributed by atoms with van der Waals surface area (Å²) in [4.78, 5) is 0. The first-order chi connectivity index (χ1) is 9.34. The first-order valence-electron chi connectivity index (χ1n) is 7.49. The minimum absolute atomic E-state index is 0.222. The fraction of sp³-hybridized carbons (Fsp3) is 0.529. The van der Waals surface area contributed by atoms with E-state index in [1.807, 2.05) is 0 Å². The van der Waals surface area contributed by atoms with Gasteiger partial charge >= 0.3 is 0 Å². The van der Waals surface area contributed by atoms with Gasteiger partial charge in [-0.25, -0.2) is 0 Å². The van der Waals surface area contributed by atoms with E-state index < -0.39 is 0 Å². The van der Waals surface area contributed by atoms with Crippen molar-refractivity contribution in [3.63, 3.8) is 0 Å². The molecule has 3 aliphatic carbocycles. The van der Waals surface area contributed by atoms with Crippen molar-refractivity contribution in [1.29, 1.82) is 0 Å². The van der Waals surface area contributed by atoms with Crippen LogP contribution in [-0.4, -0.2) is 5.11 Å². The van der Waals surface area contributed by atoms with Gasteiger partial charge in [0.15, 0.2) is 0 Å². The second-order valence-electron chi connectivity index (χ2n) is 6.70. The van der Waals surface area contributed by atoms with E-state index in [0.717, 1.165) is 23.7 Å². The van der Waals surface area contributed by atoms with Gasteiger partial charge in [0.25, 0.3) is 0 Å². The highest BCUT2D eigenvalue weighted by Crippen LogP contribution is 2.72. The van der Waals surface area contributed by atoms with Crippen molar-refractivity contribution in [2.24, 2.45) is 29.6 Å². The lowest BCUT2D eigenvalue weighted by atomic mass is 9.94. The Kier molecular flexibility index (Phi) is 2.07. The molecule has 0 radical (unpaired) electrons. The summed E-state index contributed by atoms with van der Waals surface area (Å²) in [6.07, 6.45) is 4.10. The Labute approximate surface area is 117 Å². The number of thiophene rings is 1. The molecule has 1 aromatic carbocycles. The van der Waals surface area contributed by atoms with Crippen LogP contribution in [0.3, 0.4) is 0 Å². The number of hydrogen-bond donors (Lipinski definition) is 1. The van der Waals surface area contributed by atoms with E-state index in [9.17, 15) is 5.11 Å². The van der Waals surface area contributed by atoms with Gasteiger partial charge in [0.1, 0.15) is 0 Å². The van der Waals surface area contributed by atoms with Crippen LogP contribution in [0.2, 0.25) is 0 Å². The molecule has 19 heavy (non-hydrogen) atoms. The number of aliphatic hydroxyl groups excluding tert-OH is 1. The molecule has 1 nitrogen and oxygen atoms in total. The molecule has 1 aromatic heterocycles. The zero-order valence-corrected chi connectivity index (χ0v) is 11.6. The van der Waals surface area contributed by atoms with Crippen molar-refractivity contribution < 1.29 is 5.11 Å². The van der Waals surface area contributed by atoms with E-state index in [0.29, 0.717) is 5.92 Å². The predicted molar refractivity (Wildman–Crippen MR) is 78.1 cm³/mol. The van der Waals surface area contributed by atoms with Crippen molar-refractivity contribution in [2.45, 2.75) is 25.4 Å². The molecule has 1 heterocycles. The van der Waals surface area contributed by atoms with Crippen LogP contribution in [0.15, 0.2) is 29.6 Å². The van der Waals surface area contributed by atoms with Crippen LogP contribution >= 0.6 is 11.3 Å². The molecule has 98 valence electrons. The van der Waals surface area contributed by atoms with Gasteiger partial charge in [-0.15, -0.1) is 11.3 Å². The maximum absolute atomic E-state index is 10.9. The first kappa shape index (κ1) is 10.9. The summed E-state index contributed by atoms with van der Waals surface area (Å²) in [5, 5.41) is 14.3. The molecule has 2 aromatic rings. The van der Waals surface area contributed by atoms with Crippen LogP contribution < -0.4 is 0 Å². The minimum Gasteiger partial charge on any atom is -0.388 e. The van der Waals surface area contributed by atoms with Crippen LogP contribution in [0.4, 0.5) is 0 Å². The summed E-state index contributed by atoms with van der Waals surface area (Å²) in [5.74, 6) is 4.15. The van der Waals surface area contributed by atoms with Crippen molar-refractivity contribution in [1.82, 2.24) is 0 Å². The molecule has 0 amide bonds. The Balaban J connectivity index is 1.52. The average Bonchev–Trinajstić information content (AvgIpc) is 2.85. The molecule has 1 N–H and O–H groups in total. The van der Waals surface area contributed by atoms with Gasteiger partial charge in [0, 0.05) is 4.70 Å². The summed E-state index contributed by atoms with van der Waals surface area (Å²) >= 11 is 1.77. The van der Waals surface area contributed by atoms with Gasteiger partial charge in [-0.3, -0.25) is 0 Å². The third kappa shape index (κ3) is 1.34. The van der Waals surface area contributed by atoms with E-state index in [4.69, 9.17) is 0 Å². The predicted octanol–water partition coefficient (Wildman–Crippen LogP) is 4.23. The maximum atomic E-state index is 10.9. The molecule has 5 unspecified atom stereocenters. The van der Waals surface area contributed by atoms with Crippen molar-refractivity contribution >= 4 is 21.4 Å². The lowest BCUT2D eigenvalue weighted by Crippen LogP contribution is -2.08. The zero-order valence-electron chi connectivity index (χ0n) is 10.8. The van der Waals surface area contributed by atoms with Gasteiger partial charge in [0.2, 0.25) is 0 Å². The third-order valence-electron chi connectivity index (χ3n) is 5.99. The second-order valence-corrected chi connectivity index (χ2v) is 7.61. The van der Waals surface area contributed by atoms with Gasteiger partial charge in [0.05, 0.1) is 6.10 Å². The third-order valence-corrected chi connectivity index (χ3v) is 6.97. The molecule has 5 rings (SSSR count). The van der Waals surface area contributed by atoms with E-state index in [1.54, 1.807) is 11.3 Å². The van der Waals surface area contributed by atoms with E-state index in [2.05, 4.69) is 29.6 Å². The summed E-state index contributed by atoms with van der Waals surface area (Å²) in [6.45, 7) is 0. The highest BCUT2D eigenvalue weighted by atomic mass is 32.1. The van der Waals surface area contributed by atoms with Crippen LogP contribution in [0.25, 0.3) is 10.1 Å². The largest absolute Gasteiger partial charge is 0.388 e. The molecular formula is C17H18OS. The van der Waals surface area contributed by atoms with Crippen LogP contribution in [0.1, 0.15) is 30.9 Å². The summed E-state index contributed by atoms with van der Waals surface area (Å²) in [5.41, 5.74) is 1.19. The Morgan fingerprint density at radius 3 is 2.68 bits per heavy atom. The lowest BCUT2D eigenvalue weighted by molar-refractivity contribution is 0.131. The SMILES string of the molecule is OC(c1cccc2ccsc12)C1C2C3CCC(C3)C21. The molecule has 0 saturated heterocycles. The van der Waals surface area contributed by atoms with E-state index in [1.165, 1.54) is 34.9 Å². The maximum Gasteiger partial charge on any atom is 0.0837 e. The average molecular weight is 270 g/mol. The second kappa shape index (κ2) is 3.62. The normalized spacial score (nSPS) is 40.6. The highest BCUT2D eigenvalue weighted by Gasteiger charge is 2.66. The Morgan fingerprint density at radius 2 is 1.89 bits per heavy atom. The van der Waals surface area contributed by atoms with Crippen LogP contribution in [0.5, 0.6) is 0 Å². The number of fused-ring (bicyclic) bond motifs is 6. The van der Waals surface area contributed by atoms with Gasteiger partial charge in [-0.05, 0) is 71.2 Å². The van der Waals surface area contributed by atoms with Gasteiger partial charge < -0.3 is 5.11 Å². The van der Waals surface area contributed by atoms with Crippen LogP contribution in [0, 0.1) is 29.6 Å². The molecule has 3 saturated carbocycles. The van der Waals surface area contributed by atoms with Crippen LogP contribution in [-0.2, 0) is 0 Å². The van der Waals surface area contributed by atoms with E-state index >= 15 is 0 Å². The Bertz CT molecular complexity index is 630. The van der Waals surface area contributed by atoms with Gasteiger partial charge in [-0.1, -0.05) is 18.2 Å². The van der Waals surface area contributed by atoms with Crippen molar-refractivity contribution in [2.75, 3.05) is 0 Å². The standard InChI is InChI=1S/C17H18OS/c18-16(12-3-1-2-9-6-7-19-17(9)12)15-13-10-4-5-11(8-10)14(13)15/h1-3,6-7,10-11,13-16,18H,4-5,8H2. The summed E-state index contributed by atoms with van der Waals surface area (Å²) in [7, 11) is 0. The molecule has 2 bridgehead atoms. The zero-order chi connectivity index (χ0) is 12.6. The lowest BCUT2D eigenvalue weighted by Gasteiger charge is -2.16. The molecule has 3 fully saturated rings. The highest BCUT2D eigenvalue weighted by molar-refractivity contribution is 7.17. The minimum atomic E-state index is -0.222. The molecule has 2 heteroatoms. The smallest absolute Gasteiger partial charge is 0.0837 e. The topological polar surface area (TPSA) is 20.2 Å². The molecular weight excluding hydrogens is 252 g/mol. The Morgan fingerprint density at radius 1 is 1.11 bits per heavy atom. The van der Waals surface area contributed by atoms with Gasteiger partial charge in [-0.2, -0.15) is 0 Å². The summed E-state index contributed by atoms with van der Waals surface area (Å²) < 4.78 is 1.30. The molecule has 5 atom stereocenters. The van der Waals surface area contributed by atoms with Crippen molar-refractivity contribution in [3.8, 4) is 0 Å².